The van der Waals surface area contributed by atoms with Crippen LogP contribution in [0.5, 0.6) is 0 Å². The van der Waals surface area contributed by atoms with Crippen LogP contribution in [-0.4, -0.2) is 35.9 Å². The zero-order valence-electron chi connectivity index (χ0n) is 12.7. The standard InChI is InChI=1S/C14H11N7O2S/c1-6-3-9-10(4-7(6)2)24-12-8(5-15-14(23)21(9)12)11(22)16-13-17-19-20-18-13/h3-5H,1-2H3,(H2,16,17,18,19,20,22). The first kappa shape index (κ1) is 14.5. The summed E-state index contributed by atoms with van der Waals surface area (Å²) < 4.78 is 2.37. The van der Waals surface area contributed by atoms with Crippen LogP contribution >= 0.6 is 11.3 Å². The van der Waals surface area contributed by atoms with Crippen molar-refractivity contribution >= 4 is 38.2 Å². The largest absolute Gasteiger partial charge is 0.353 e. The predicted octanol–water partition coefficient (Wildman–Crippen LogP) is 1.29. The van der Waals surface area contributed by atoms with Crippen LogP contribution in [0.25, 0.3) is 15.0 Å². The molecule has 4 rings (SSSR count). The maximum Gasteiger partial charge on any atom is 0.353 e. The van der Waals surface area contributed by atoms with Gasteiger partial charge in [0.1, 0.15) is 4.83 Å². The molecule has 0 saturated heterocycles. The number of carbonyl (C=O) groups excluding carboxylic acids is 1. The third kappa shape index (κ3) is 2.15. The van der Waals surface area contributed by atoms with Gasteiger partial charge in [0, 0.05) is 6.20 Å². The smallest absolute Gasteiger partial charge is 0.288 e. The summed E-state index contributed by atoms with van der Waals surface area (Å²) in [5.41, 5.74) is 2.78. The van der Waals surface area contributed by atoms with Gasteiger partial charge in [-0.05, 0) is 42.3 Å². The molecule has 3 aromatic heterocycles. The first-order valence-electron chi connectivity index (χ1n) is 7.01. The minimum Gasteiger partial charge on any atom is -0.288 e. The SMILES string of the molecule is Cc1cc2sc3c(C(=O)Nc4nn[nH]n4)cnc(=O)n3c2cc1C. The quantitative estimate of drug-likeness (QED) is 0.567. The summed E-state index contributed by atoms with van der Waals surface area (Å²) in [6.45, 7) is 3.98. The Hall–Kier alpha value is -3.14. The Morgan fingerprint density at radius 2 is 2.08 bits per heavy atom. The van der Waals surface area contributed by atoms with Crippen LogP contribution in [0.3, 0.4) is 0 Å². The lowest BCUT2D eigenvalue weighted by atomic mass is 10.1. The van der Waals surface area contributed by atoms with Gasteiger partial charge in [0.25, 0.3) is 11.9 Å². The molecule has 1 amide bonds. The Kier molecular flexibility index (Phi) is 3.13. The second-order valence-electron chi connectivity index (χ2n) is 5.29. The third-order valence-electron chi connectivity index (χ3n) is 3.77. The van der Waals surface area contributed by atoms with E-state index in [1.165, 1.54) is 21.9 Å². The second kappa shape index (κ2) is 5.20. The van der Waals surface area contributed by atoms with Crippen molar-refractivity contribution in [3.8, 4) is 0 Å². The van der Waals surface area contributed by atoms with Crippen molar-refractivity contribution < 1.29 is 4.79 Å². The van der Waals surface area contributed by atoms with Gasteiger partial charge in [-0.2, -0.15) is 5.21 Å². The monoisotopic (exact) mass is 341 g/mol. The van der Waals surface area contributed by atoms with Crippen LogP contribution in [0.4, 0.5) is 5.95 Å². The number of hydrogen-bond acceptors (Lipinski definition) is 7. The van der Waals surface area contributed by atoms with Crippen LogP contribution < -0.4 is 11.0 Å². The molecule has 0 aliphatic rings. The summed E-state index contributed by atoms with van der Waals surface area (Å²) >= 11 is 1.36. The molecule has 120 valence electrons. The van der Waals surface area contributed by atoms with Gasteiger partial charge in [-0.1, -0.05) is 5.10 Å². The number of rotatable bonds is 2. The Morgan fingerprint density at radius 1 is 1.29 bits per heavy atom. The molecule has 10 heteroatoms. The Morgan fingerprint density at radius 3 is 2.83 bits per heavy atom. The number of aromatic nitrogens is 6. The fraction of sp³-hybridized carbons (Fsp3) is 0.143. The molecule has 4 aromatic rings. The van der Waals surface area contributed by atoms with E-state index in [4.69, 9.17) is 0 Å². The zero-order valence-corrected chi connectivity index (χ0v) is 13.5. The molecule has 0 spiro atoms. The van der Waals surface area contributed by atoms with Crippen molar-refractivity contribution in [1.29, 1.82) is 0 Å². The fourth-order valence-corrected chi connectivity index (χ4v) is 3.65. The van der Waals surface area contributed by atoms with E-state index in [1.54, 1.807) is 0 Å². The van der Waals surface area contributed by atoms with Crippen LogP contribution in [0, 0.1) is 13.8 Å². The normalized spacial score (nSPS) is 11.2. The average molecular weight is 341 g/mol. The van der Waals surface area contributed by atoms with Gasteiger partial charge in [-0.3, -0.25) is 10.1 Å². The number of fused-ring (bicyclic) bond motifs is 3. The van der Waals surface area contributed by atoms with E-state index in [0.29, 0.717) is 4.83 Å². The van der Waals surface area contributed by atoms with E-state index >= 15 is 0 Å². The molecule has 0 saturated carbocycles. The molecule has 3 heterocycles. The maximum absolute atomic E-state index is 12.5. The summed E-state index contributed by atoms with van der Waals surface area (Å²) in [6, 6.07) is 3.93. The number of hydrogen-bond donors (Lipinski definition) is 2. The van der Waals surface area contributed by atoms with Crippen LogP contribution in [0.15, 0.2) is 23.1 Å². The number of carbonyl (C=O) groups is 1. The van der Waals surface area contributed by atoms with Gasteiger partial charge in [-0.25, -0.2) is 14.2 Å². The number of tetrazole rings is 1. The summed E-state index contributed by atoms with van der Waals surface area (Å²) in [5.74, 6) is -0.404. The van der Waals surface area contributed by atoms with Crippen molar-refractivity contribution in [2.45, 2.75) is 13.8 Å². The molecule has 0 radical (unpaired) electrons. The Bertz CT molecular complexity index is 1140. The highest BCUT2D eigenvalue weighted by atomic mass is 32.1. The van der Waals surface area contributed by atoms with E-state index in [0.717, 1.165) is 21.3 Å². The van der Waals surface area contributed by atoms with Crippen LogP contribution in [0.2, 0.25) is 0 Å². The van der Waals surface area contributed by atoms with Gasteiger partial charge < -0.3 is 0 Å². The summed E-state index contributed by atoms with van der Waals surface area (Å²) in [7, 11) is 0. The lowest BCUT2D eigenvalue weighted by Gasteiger charge is -2.02. The number of anilines is 1. The average Bonchev–Trinajstić information content (AvgIpc) is 3.16. The Labute approximate surface area is 138 Å². The molecule has 0 atom stereocenters. The van der Waals surface area contributed by atoms with Crippen molar-refractivity contribution in [1.82, 2.24) is 30.0 Å². The zero-order chi connectivity index (χ0) is 16.8. The highest BCUT2D eigenvalue weighted by Crippen LogP contribution is 2.29. The number of H-pyrrole nitrogens is 1. The second-order valence-corrected chi connectivity index (χ2v) is 6.32. The number of aromatic amines is 1. The van der Waals surface area contributed by atoms with E-state index < -0.39 is 11.6 Å². The van der Waals surface area contributed by atoms with Gasteiger partial charge in [0.05, 0.1) is 15.8 Å². The van der Waals surface area contributed by atoms with Crippen LogP contribution in [-0.2, 0) is 0 Å². The molecular formula is C14H11N7O2S. The molecule has 0 aliphatic heterocycles. The molecule has 0 bridgehead atoms. The third-order valence-corrected chi connectivity index (χ3v) is 4.91. The van der Waals surface area contributed by atoms with Crippen molar-refractivity contribution in [3.63, 3.8) is 0 Å². The van der Waals surface area contributed by atoms with Gasteiger partial charge in [0.15, 0.2) is 0 Å². The first-order valence-corrected chi connectivity index (χ1v) is 7.82. The fourth-order valence-electron chi connectivity index (χ4n) is 2.43. The van der Waals surface area contributed by atoms with Crippen molar-refractivity contribution in [2.24, 2.45) is 0 Å². The first-order chi connectivity index (χ1) is 11.5. The van der Waals surface area contributed by atoms with Crippen molar-refractivity contribution in [3.05, 3.63) is 45.5 Å². The number of nitrogens with zero attached hydrogens (tertiary/aromatic N) is 5. The number of benzene rings is 1. The molecule has 24 heavy (non-hydrogen) atoms. The molecule has 1 aromatic carbocycles. The van der Waals surface area contributed by atoms with E-state index in [2.05, 4.69) is 30.9 Å². The van der Waals surface area contributed by atoms with E-state index in [1.807, 2.05) is 26.0 Å². The summed E-state index contributed by atoms with van der Waals surface area (Å²) in [6.07, 6.45) is 1.27. The van der Waals surface area contributed by atoms with Gasteiger partial charge in [0.2, 0.25) is 0 Å². The van der Waals surface area contributed by atoms with Gasteiger partial charge in [-0.15, -0.1) is 16.4 Å². The molecule has 2 N–H and O–H groups in total. The minimum atomic E-state index is -0.457. The highest BCUT2D eigenvalue weighted by molar-refractivity contribution is 7.24. The summed E-state index contributed by atoms with van der Waals surface area (Å²) in [4.78, 5) is 29.0. The number of thiazole rings is 1. The molecule has 0 fully saturated rings. The Balaban J connectivity index is 1.95. The lowest BCUT2D eigenvalue weighted by Crippen LogP contribution is -2.21. The highest BCUT2D eigenvalue weighted by Gasteiger charge is 2.18. The number of nitrogens with one attached hydrogen (secondary N) is 2. The topological polar surface area (TPSA) is 118 Å². The summed E-state index contributed by atoms with van der Waals surface area (Å²) in [5, 5.41) is 15.5. The van der Waals surface area contributed by atoms with E-state index in [-0.39, 0.29) is 11.5 Å². The van der Waals surface area contributed by atoms with Crippen molar-refractivity contribution in [2.75, 3.05) is 5.32 Å². The lowest BCUT2D eigenvalue weighted by molar-refractivity contribution is 0.102. The molecule has 0 aliphatic carbocycles. The molecule has 0 unspecified atom stereocenters. The number of amides is 1. The minimum absolute atomic E-state index is 0.0529. The predicted molar refractivity (Wildman–Crippen MR) is 88.4 cm³/mol. The molecular weight excluding hydrogens is 330 g/mol. The maximum atomic E-state index is 12.5. The number of aryl methyl sites for hydroxylation is 2. The molecule has 9 nitrogen and oxygen atoms in total. The van der Waals surface area contributed by atoms with Gasteiger partial charge >= 0.3 is 5.69 Å². The van der Waals surface area contributed by atoms with Crippen LogP contribution in [0.1, 0.15) is 21.5 Å². The van der Waals surface area contributed by atoms with E-state index in [9.17, 15) is 9.59 Å².